The molecule has 0 saturated carbocycles. The summed E-state index contributed by atoms with van der Waals surface area (Å²) in [6.45, 7) is 7.45. The van der Waals surface area contributed by atoms with Crippen LogP contribution in [0.1, 0.15) is 47.0 Å². The number of rotatable bonds is 6. The van der Waals surface area contributed by atoms with Crippen LogP contribution in [-0.2, 0) is 14.3 Å². The van der Waals surface area contributed by atoms with Gasteiger partial charge in [0.1, 0.15) is 0 Å². The van der Waals surface area contributed by atoms with E-state index in [-0.39, 0.29) is 5.75 Å². The van der Waals surface area contributed by atoms with E-state index >= 15 is 0 Å². The van der Waals surface area contributed by atoms with Crippen molar-refractivity contribution in [2.75, 3.05) is 5.75 Å². The van der Waals surface area contributed by atoms with E-state index in [2.05, 4.69) is 0 Å². The molecule has 4 heteroatoms. The maximum Gasteiger partial charge on any atom is 0.267 e. The van der Waals surface area contributed by atoms with Crippen LogP contribution in [-0.4, -0.2) is 19.8 Å². The second-order valence-corrected chi connectivity index (χ2v) is 5.50. The van der Waals surface area contributed by atoms with Crippen LogP contribution >= 0.6 is 0 Å². The Morgan fingerprint density at radius 3 is 2.15 bits per heavy atom. The Morgan fingerprint density at radius 2 is 1.77 bits per heavy atom. The van der Waals surface area contributed by atoms with Crippen LogP contribution in [0.4, 0.5) is 0 Å². The second kappa shape index (κ2) is 4.96. The molecule has 0 aromatic rings. The Bertz CT molecular complexity index is 229. The molecular weight excluding hydrogens is 188 g/mol. The van der Waals surface area contributed by atoms with Crippen LogP contribution in [0.2, 0.25) is 0 Å². The molecule has 0 rings (SSSR count). The molecule has 13 heavy (non-hydrogen) atoms. The minimum absolute atomic E-state index is 0.132. The van der Waals surface area contributed by atoms with E-state index in [4.69, 9.17) is 4.18 Å². The fourth-order valence-corrected chi connectivity index (χ4v) is 2.30. The molecule has 0 atom stereocenters. The summed E-state index contributed by atoms with van der Waals surface area (Å²) in [7, 11) is -3.31. The van der Waals surface area contributed by atoms with Crippen LogP contribution in [0.5, 0.6) is 0 Å². The first-order valence-corrected chi connectivity index (χ1v) is 6.34. The highest BCUT2D eigenvalue weighted by Gasteiger charge is 2.24. The molecule has 0 aliphatic rings. The molecular formula is C9H20O3S. The first kappa shape index (κ1) is 12.9. The molecule has 0 bridgehead atoms. The number of hydrogen-bond acceptors (Lipinski definition) is 3. The summed E-state index contributed by atoms with van der Waals surface area (Å²) in [5.74, 6) is 0.132. The maximum absolute atomic E-state index is 11.3. The SMILES string of the molecule is CCCCS(=O)(=O)OC(C)(C)CC. The summed E-state index contributed by atoms with van der Waals surface area (Å²) >= 11 is 0. The third kappa shape index (κ3) is 6.05. The maximum atomic E-state index is 11.3. The van der Waals surface area contributed by atoms with Gasteiger partial charge < -0.3 is 0 Å². The molecule has 0 fully saturated rings. The van der Waals surface area contributed by atoms with Gasteiger partial charge in [-0.3, -0.25) is 4.18 Å². The number of unbranched alkanes of at least 4 members (excludes halogenated alkanes) is 1. The molecule has 0 aliphatic heterocycles. The van der Waals surface area contributed by atoms with Gasteiger partial charge in [-0.1, -0.05) is 20.3 Å². The molecule has 0 radical (unpaired) electrons. The van der Waals surface area contributed by atoms with Gasteiger partial charge in [0.2, 0.25) is 0 Å². The van der Waals surface area contributed by atoms with Crippen LogP contribution in [0.15, 0.2) is 0 Å². The van der Waals surface area contributed by atoms with Crippen LogP contribution in [0.25, 0.3) is 0 Å². The average Bonchev–Trinajstić information content (AvgIpc) is 1.99. The quantitative estimate of drug-likeness (QED) is 0.629. The summed E-state index contributed by atoms with van der Waals surface area (Å²) in [5.41, 5.74) is -0.563. The van der Waals surface area contributed by atoms with Crippen molar-refractivity contribution in [2.24, 2.45) is 0 Å². The molecule has 80 valence electrons. The number of hydrogen-bond donors (Lipinski definition) is 0. The Kier molecular flexibility index (Phi) is 4.92. The summed E-state index contributed by atoms with van der Waals surface area (Å²) < 4.78 is 27.7. The minimum atomic E-state index is -3.31. The lowest BCUT2D eigenvalue weighted by molar-refractivity contribution is 0.113. The van der Waals surface area contributed by atoms with Gasteiger partial charge in [0.05, 0.1) is 11.4 Å². The summed E-state index contributed by atoms with van der Waals surface area (Å²) in [6, 6.07) is 0. The predicted molar refractivity (Wildman–Crippen MR) is 54.1 cm³/mol. The van der Waals surface area contributed by atoms with Crippen molar-refractivity contribution >= 4 is 10.1 Å². The van der Waals surface area contributed by atoms with E-state index in [0.717, 1.165) is 6.42 Å². The normalized spacial score (nSPS) is 13.2. The van der Waals surface area contributed by atoms with Gasteiger partial charge in [-0.15, -0.1) is 0 Å². The zero-order valence-electron chi connectivity index (χ0n) is 8.96. The smallest absolute Gasteiger partial charge is 0.264 e. The Balaban J connectivity index is 4.18. The van der Waals surface area contributed by atoms with Crippen LogP contribution in [0, 0.1) is 0 Å². The summed E-state index contributed by atoms with van der Waals surface area (Å²) in [4.78, 5) is 0. The average molecular weight is 208 g/mol. The van der Waals surface area contributed by atoms with E-state index in [0.29, 0.717) is 12.8 Å². The van der Waals surface area contributed by atoms with Gasteiger partial charge in [0.15, 0.2) is 0 Å². The molecule has 0 N–H and O–H groups in total. The molecule has 0 heterocycles. The first-order valence-electron chi connectivity index (χ1n) is 4.76. The van der Waals surface area contributed by atoms with Crippen molar-refractivity contribution in [2.45, 2.75) is 52.6 Å². The van der Waals surface area contributed by atoms with E-state index < -0.39 is 15.7 Å². The fraction of sp³-hybridized carbons (Fsp3) is 1.00. The molecule has 0 aromatic carbocycles. The predicted octanol–water partition coefficient (Wildman–Crippen LogP) is 2.32. The highest BCUT2D eigenvalue weighted by molar-refractivity contribution is 7.86. The lowest BCUT2D eigenvalue weighted by Crippen LogP contribution is -2.28. The molecule has 0 saturated heterocycles. The lowest BCUT2D eigenvalue weighted by atomic mass is 10.1. The van der Waals surface area contributed by atoms with Crippen molar-refractivity contribution in [3.8, 4) is 0 Å². The van der Waals surface area contributed by atoms with Gasteiger partial charge in [-0.05, 0) is 26.7 Å². The topological polar surface area (TPSA) is 43.4 Å². The first-order chi connectivity index (χ1) is 5.83. The van der Waals surface area contributed by atoms with Crippen molar-refractivity contribution in [3.05, 3.63) is 0 Å². The van der Waals surface area contributed by atoms with E-state index in [1.807, 2.05) is 13.8 Å². The zero-order chi connectivity index (χ0) is 10.5. The third-order valence-corrected chi connectivity index (χ3v) is 3.45. The zero-order valence-corrected chi connectivity index (χ0v) is 9.78. The Morgan fingerprint density at radius 1 is 1.23 bits per heavy atom. The van der Waals surface area contributed by atoms with Crippen molar-refractivity contribution in [3.63, 3.8) is 0 Å². The molecule has 0 aromatic heterocycles. The van der Waals surface area contributed by atoms with Gasteiger partial charge in [-0.2, -0.15) is 8.42 Å². The largest absolute Gasteiger partial charge is 0.267 e. The summed E-state index contributed by atoms with van der Waals surface area (Å²) in [5, 5.41) is 0. The molecule has 0 aliphatic carbocycles. The second-order valence-electron chi connectivity index (χ2n) is 3.81. The van der Waals surface area contributed by atoms with Gasteiger partial charge in [0, 0.05) is 0 Å². The van der Waals surface area contributed by atoms with Gasteiger partial charge in [0.25, 0.3) is 10.1 Å². The molecule has 3 nitrogen and oxygen atoms in total. The molecule has 0 spiro atoms. The standard InChI is InChI=1S/C9H20O3S/c1-5-7-8-13(10,11)12-9(3,4)6-2/h5-8H2,1-4H3. The Hall–Kier alpha value is -0.0900. The highest BCUT2D eigenvalue weighted by atomic mass is 32.2. The van der Waals surface area contributed by atoms with Gasteiger partial charge in [-0.25, -0.2) is 0 Å². The summed E-state index contributed by atoms with van der Waals surface area (Å²) in [6.07, 6.45) is 2.23. The highest BCUT2D eigenvalue weighted by Crippen LogP contribution is 2.17. The van der Waals surface area contributed by atoms with Crippen LogP contribution in [0.3, 0.4) is 0 Å². The Labute approximate surface area is 81.6 Å². The van der Waals surface area contributed by atoms with Gasteiger partial charge >= 0.3 is 0 Å². The van der Waals surface area contributed by atoms with Crippen molar-refractivity contribution in [1.29, 1.82) is 0 Å². The van der Waals surface area contributed by atoms with Crippen LogP contribution < -0.4 is 0 Å². The minimum Gasteiger partial charge on any atom is -0.264 e. The molecule has 0 unspecified atom stereocenters. The van der Waals surface area contributed by atoms with E-state index in [9.17, 15) is 8.42 Å². The van der Waals surface area contributed by atoms with Crippen molar-refractivity contribution < 1.29 is 12.6 Å². The van der Waals surface area contributed by atoms with Crippen molar-refractivity contribution in [1.82, 2.24) is 0 Å². The fourth-order valence-electron chi connectivity index (χ4n) is 0.765. The molecule has 0 amide bonds. The lowest BCUT2D eigenvalue weighted by Gasteiger charge is -2.22. The van der Waals surface area contributed by atoms with E-state index in [1.165, 1.54) is 0 Å². The monoisotopic (exact) mass is 208 g/mol. The third-order valence-electron chi connectivity index (χ3n) is 1.95. The van der Waals surface area contributed by atoms with E-state index in [1.54, 1.807) is 13.8 Å².